The summed E-state index contributed by atoms with van der Waals surface area (Å²) in [5.41, 5.74) is 8.00. The zero-order valence-electron chi connectivity index (χ0n) is 9.45. The Labute approximate surface area is 104 Å². The highest BCUT2D eigenvalue weighted by Crippen LogP contribution is 2.17. The maximum Gasteiger partial charge on any atom is 0.128 e. The van der Waals surface area contributed by atoms with Crippen molar-refractivity contribution in [1.82, 2.24) is 9.78 Å². The molecule has 1 aromatic carbocycles. The Balaban J connectivity index is 2.31. The minimum Gasteiger partial charge on any atom is -0.326 e. The van der Waals surface area contributed by atoms with Gasteiger partial charge in [-0.25, -0.2) is 4.39 Å². The summed E-state index contributed by atoms with van der Waals surface area (Å²) in [5.74, 6) is -0.279. The van der Waals surface area contributed by atoms with Crippen LogP contribution in [0.15, 0.2) is 24.4 Å². The Morgan fingerprint density at radius 2 is 2.18 bits per heavy atom. The lowest BCUT2D eigenvalue weighted by Gasteiger charge is -2.07. The van der Waals surface area contributed by atoms with Gasteiger partial charge in [-0.15, -0.1) is 0 Å². The van der Waals surface area contributed by atoms with Crippen molar-refractivity contribution in [2.75, 3.05) is 0 Å². The first-order valence-corrected chi connectivity index (χ1v) is 5.65. The summed E-state index contributed by atoms with van der Waals surface area (Å²) in [4.78, 5) is 0. The summed E-state index contributed by atoms with van der Waals surface area (Å²) in [5, 5.41) is 4.70. The van der Waals surface area contributed by atoms with Crippen molar-refractivity contribution in [2.24, 2.45) is 5.73 Å². The molecular weight excluding hydrogens is 241 g/mol. The van der Waals surface area contributed by atoms with E-state index in [9.17, 15) is 4.39 Å². The van der Waals surface area contributed by atoms with Gasteiger partial charge in [0.05, 0.1) is 12.7 Å². The molecule has 0 aliphatic rings. The molecule has 90 valence electrons. The molecule has 1 aromatic heterocycles. The van der Waals surface area contributed by atoms with E-state index < -0.39 is 0 Å². The minimum absolute atomic E-state index is 0.279. The largest absolute Gasteiger partial charge is 0.326 e. The number of nitrogens with two attached hydrogens (primary N) is 1. The van der Waals surface area contributed by atoms with E-state index in [0.29, 0.717) is 23.7 Å². The van der Waals surface area contributed by atoms with Gasteiger partial charge >= 0.3 is 0 Å². The van der Waals surface area contributed by atoms with E-state index in [4.69, 9.17) is 17.3 Å². The standard InChI is InChI=1S/C12H13ClFN3/c1-8-10(5-15)6-16-17(8)7-9-4-11(13)2-3-12(9)14/h2-4,6H,5,7,15H2,1H3. The lowest BCUT2D eigenvalue weighted by atomic mass is 10.2. The molecule has 0 fully saturated rings. The van der Waals surface area contributed by atoms with Crippen LogP contribution in [0.2, 0.25) is 5.02 Å². The zero-order valence-corrected chi connectivity index (χ0v) is 10.2. The van der Waals surface area contributed by atoms with Crippen LogP contribution in [0.1, 0.15) is 16.8 Å². The van der Waals surface area contributed by atoms with Gasteiger partial charge in [-0.2, -0.15) is 5.10 Å². The van der Waals surface area contributed by atoms with Crippen LogP contribution in [0.3, 0.4) is 0 Å². The first kappa shape index (κ1) is 12.1. The average molecular weight is 254 g/mol. The highest BCUT2D eigenvalue weighted by molar-refractivity contribution is 6.30. The van der Waals surface area contributed by atoms with Crippen molar-refractivity contribution in [1.29, 1.82) is 0 Å². The molecular formula is C12H13ClFN3. The van der Waals surface area contributed by atoms with E-state index in [1.807, 2.05) is 6.92 Å². The van der Waals surface area contributed by atoms with Gasteiger partial charge in [0, 0.05) is 28.4 Å². The molecule has 0 unspecified atom stereocenters. The molecule has 17 heavy (non-hydrogen) atoms. The molecule has 2 N–H and O–H groups in total. The van der Waals surface area contributed by atoms with Crippen molar-refractivity contribution in [2.45, 2.75) is 20.0 Å². The molecule has 1 heterocycles. The van der Waals surface area contributed by atoms with E-state index in [2.05, 4.69) is 5.10 Å². The zero-order chi connectivity index (χ0) is 12.4. The normalized spacial score (nSPS) is 10.8. The van der Waals surface area contributed by atoms with Crippen LogP contribution in [0, 0.1) is 12.7 Å². The third-order valence-electron chi connectivity index (χ3n) is 2.75. The molecule has 0 aliphatic heterocycles. The van der Waals surface area contributed by atoms with E-state index in [-0.39, 0.29) is 5.82 Å². The fourth-order valence-electron chi connectivity index (χ4n) is 1.67. The fourth-order valence-corrected chi connectivity index (χ4v) is 1.87. The minimum atomic E-state index is -0.279. The lowest BCUT2D eigenvalue weighted by molar-refractivity contribution is 0.580. The van der Waals surface area contributed by atoms with Crippen molar-refractivity contribution < 1.29 is 4.39 Å². The van der Waals surface area contributed by atoms with Crippen LogP contribution in [-0.2, 0) is 13.1 Å². The Kier molecular flexibility index (Phi) is 3.45. The summed E-state index contributed by atoms with van der Waals surface area (Å²) >= 11 is 5.84. The number of nitrogens with zero attached hydrogens (tertiary/aromatic N) is 2. The molecule has 0 spiro atoms. The highest BCUT2D eigenvalue weighted by atomic mass is 35.5. The maximum atomic E-state index is 13.6. The molecule has 0 aliphatic carbocycles. The van der Waals surface area contributed by atoms with Crippen LogP contribution in [-0.4, -0.2) is 9.78 Å². The van der Waals surface area contributed by atoms with Gasteiger partial charge in [-0.1, -0.05) is 11.6 Å². The number of hydrogen-bond acceptors (Lipinski definition) is 2. The van der Waals surface area contributed by atoms with Crippen LogP contribution in [0.4, 0.5) is 4.39 Å². The van der Waals surface area contributed by atoms with Gasteiger partial charge in [-0.05, 0) is 25.1 Å². The summed E-state index contributed by atoms with van der Waals surface area (Å²) in [7, 11) is 0. The number of hydrogen-bond donors (Lipinski definition) is 1. The second-order valence-corrected chi connectivity index (χ2v) is 4.29. The van der Waals surface area contributed by atoms with Crippen molar-refractivity contribution in [3.63, 3.8) is 0 Å². The topological polar surface area (TPSA) is 43.8 Å². The summed E-state index contributed by atoms with van der Waals surface area (Å²) in [6.07, 6.45) is 1.71. The van der Waals surface area contributed by atoms with E-state index in [1.54, 1.807) is 16.9 Å². The van der Waals surface area contributed by atoms with Gasteiger partial charge in [0.15, 0.2) is 0 Å². The number of benzene rings is 1. The molecule has 5 heteroatoms. The molecule has 0 bridgehead atoms. The Bertz CT molecular complexity index is 537. The highest BCUT2D eigenvalue weighted by Gasteiger charge is 2.08. The molecule has 0 saturated heterocycles. The van der Waals surface area contributed by atoms with E-state index in [0.717, 1.165) is 11.3 Å². The van der Waals surface area contributed by atoms with Crippen LogP contribution in [0.5, 0.6) is 0 Å². The molecule has 0 amide bonds. The van der Waals surface area contributed by atoms with Crippen molar-refractivity contribution in [3.8, 4) is 0 Å². The number of halogens is 2. The predicted molar refractivity (Wildman–Crippen MR) is 65.4 cm³/mol. The van der Waals surface area contributed by atoms with Crippen molar-refractivity contribution in [3.05, 3.63) is 52.1 Å². The van der Waals surface area contributed by atoms with Crippen molar-refractivity contribution >= 4 is 11.6 Å². The third kappa shape index (κ3) is 2.48. The second-order valence-electron chi connectivity index (χ2n) is 3.85. The quantitative estimate of drug-likeness (QED) is 0.913. The molecule has 2 rings (SSSR count). The lowest BCUT2D eigenvalue weighted by Crippen LogP contribution is -2.07. The molecule has 0 saturated carbocycles. The van der Waals surface area contributed by atoms with Crippen LogP contribution < -0.4 is 5.73 Å². The average Bonchev–Trinajstić information content (AvgIpc) is 2.65. The summed E-state index contributed by atoms with van der Waals surface area (Å²) in [6, 6.07) is 4.50. The van der Waals surface area contributed by atoms with Gasteiger partial charge in [0.2, 0.25) is 0 Å². The monoisotopic (exact) mass is 253 g/mol. The van der Waals surface area contributed by atoms with Gasteiger partial charge in [-0.3, -0.25) is 4.68 Å². The Morgan fingerprint density at radius 1 is 1.41 bits per heavy atom. The Hall–Kier alpha value is -1.39. The third-order valence-corrected chi connectivity index (χ3v) is 2.99. The van der Waals surface area contributed by atoms with Crippen LogP contribution >= 0.6 is 11.6 Å². The molecule has 0 radical (unpaired) electrons. The summed E-state index contributed by atoms with van der Waals surface area (Å²) in [6.45, 7) is 2.71. The van der Waals surface area contributed by atoms with Crippen LogP contribution in [0.25, 0.3) is 0 Å². The van der Waals surface area contributed by atoms with E-state index in [1.165, 1.54) is 12.1 Å². The van der Waals surface area contributed by atoms with Gasteiger partial charge in [0.1, 0.15) is 5.82 Å². The predicted octanol–water partition coefficient (Wildman–Crippen LogP) is 2.49. The van der Waals surface area contributed by atoms with E-state index >= 15 is 0 Å². The van der Waals surface area contributed by atoms with Gasteiger partial charge < -0.3 is 5.73 Å². The molecule has 2 aromatic rings. The molecule has 0 atom stereocenters. The first-order chi connectivity index (χ1) is 8.11. The smallest absolute Gasteiger partial charge is 0.128 e. The maximum absolute atomic E-state index is 13.6. The number of aromatic nitrogens is 2. The Morgan fingerprint density at radius 3 is 2.82 bits per heavy atom. The fraction of sp³-hybridized carbons (Fsp3) is 0.250. The summed E-state index contributed by atoms with van der Waals surface area (Å²) < 4.78 is 15.3. The van der Waals surface area contributed by atoms with Gasteiger partial charge in [0.25, 0.3) is 0 Å². The first-order valence-electron chi connectivity index (χ1n) is 5.27. The molecule has 3 nitrogen and oxygen atoms in total. The second kappa shape index (κ2) is 4.85. The SMILES string of the molecule is Cc1c(CN)cnn1Cc1cc(Cl)ccc1F. The number of rotatable bonds is 3.